The van der Waals surface area contributed by atoms with Gasteiger partial charge >= 0.3 is 0 Å². The van der Waals surface area contributed by atoms with Gasteiger partial charge in [0.2, 0.25) is 11.8 Å². The Balaban J connectivity index is 1.62. The molecule has 7 nitrogen and oxygen atoms in total. The van der Waals surface area contributed by atoms with Crippen LogP contribution in [0.2, 0.25) is 0 Å². The number of amides is 2. The normalized spacial score (nSPS) is 15.9. The first-order valence-corrected chi connectivity index (χ1v) is 9.57. The van der Waals surface area contributed by atoms with Gasteiger partial charge in [-0.1, -0.05) is 12.1 Å². The van der Waals surface area contributed by atoms with Gasteiger partial charge in [0.05, 0.1) is 26.7 Å². The molecule has 1 atom stereocenters. The third kappa shape index (κ3) is 4.80. The van der Waals surface area contributed by atoms with Crippen molar-refractivity contribution >= 4 is 17.5 Å². The molecule has 7 heteroatoms. The fourth-order valence-electron chi connectivity index (χ4n) is 3.37. The maximum Gasteiger partial charge on any atom is 0.227 e. The molecular weight excluding hydrogens is 372 g/mol. The van der Waals surface area contributed by atoms with Crippen molar-refractivity contribution < 1.29 is 23.8 Å². The smallest absolute Gasteiger partial charge is 0.227 e. The van der Waals surface area contributed by atoms with Crippen LogP contribution >= 0.6 is 0 Å². The number of carbonyl (C=O) groups is 2. The first-order chi connectivity index (χ1) is 14.0. The summed E-state index contributed by atoms with van der Waals surface area (Å²) in [6, 6.07) is 12.9. The van der Waals surface area contributed by atoms with Gasteiger partial charge in [-0.3, -0.25) is 9.59 Å². The molecule has 2 aromatic carbocycles. The summed E-state index contributed by atoms with van der Waals surface area (Å²) in [7, 11) is 3.10. The lowest BCUT2D eigenvalue weighted by Crippen LogP contribution is -2.32. The molecule has 1 aliphatic heterocycles. The number of benzene rings is 2. The molecule has 2 amide bonds. The quantitative estimate of drug-likeness (QED) is 0.740. The van der Waals surface area contributed by atoms with Crippen LogP contribution in [0.25, 0.3) is 0 Å². The molecule has 0 saturated carbocycles. The summed E-state index contributed by atoms with van der Waals surface area (Å²) in [4.78, 5) is 26.7. The van der Waals surface area contributed by atoms with Crippen molar-refractivity contribution in [3.8, 4) is 17.2 Å². The van der Waals surface area contributed by atoms with E-state index in [1.807, 2.05) is 31.2 Å². The van der Waals surface area contributed by atoms with Gasteiger partial charge in [0, 0.05) is 31.3 Å². The molecule has 154 valence electrons. The van der Waals surface area contributed by atoms with Crippen LogP contribution in [0.1, 0.15) is 18.9 Å². The molecule has 1 N–H and O–H groups in total. The monoisotopic (exact) mass is 398 g/mol. The molecule has 2 aromatic rings. The highest BCUT2D eigenvalue weighted by Gasteiger charge is 2.35. The molecule has 1 unspecified atom stereocenters. The number of nitrogens with zero attached hydrogens (tertiary/aromatic N) is 1. The predicted octanol–water partition coefficient (Wildman–Crippen LogP) is 2.77. The second-order valence-corrected chi connectivity index (χ2v) is 6.74. The summed E-state index contributed by atoms with van der Waals surface area (Å²) in [6.45, 7) is 3.24. The standard InChI is InChI=1S/C22H26N2O5/c1-4-29-18-7-5-6-15(10-18)13-23-22(26)16-11-21(25)24(14-16)17-8-9-19(27-2)20(12-17)28-3/h5-10,12,16H,4,11,13-14H2,1-3H3,(H,23,26). The van der Waals surface area contributed by atoms with Crippen molar-refractivity contribution in [2.24, 2.45) is 5.92 Å². The fourth-order valence-corrected chi connectivity index (χ4v) is 3.37. The molecule has 1 fully saturated rings. The number of rotatable bonds is 8. The second kappa shape index (κ2) is 9.32. The molecule has 1 saturated heterocycles. The minimum Gasteiger partial charge on any atom is -0.494 e. The SMILES string of the molecule is CCOc1cccc(CNC(=O)C2CC(=O)N(c3ccc(OC)c(OC)c3)C2)c1. The van der Waals surface area contributed by atoms with Crippen molar-refractivity contribution in [3.05, 3.63) is 48.0 Å². The third-order valence-electron chi connectivity index (χ3n) is 4.85. The summed E-state index contributed by atoms with van der Waals surface area (Å²) in [5.41, 5.74) is 1.64. The lowest BCUT2D eigenvalue weighted by atomic mass is 10.1. The Morgan fingerprint density at radius 2 is 1.93 bits per heavy atom. The van der Waals surface area contributed by atoms with E-state index >= 15 is 0 Å². The number of carbonyl (C=O) groups excluding carboxylic acids is 2. The number of nitrogens with one attached hydrogen (secondary N) is 1. The average Bonchev–Trinajstić information content (AvgIpc) is 3.13. The summed E-state index contributed by atoms with van der Waals surface area (Å²) in [6.07, 6.45) is 0.180. The number of methoxy groups -OCH3 is 2. The molecule has 0 aliphatic carbocycles. The van der Waals surface area contributed by atoms with Crippen LogP contribution in [0.5, 0.6) is 17.2 Å². The predicted molar refractivity (Wildman–Crippen MR) is 109 cm³/mol. The largest absolute Gasteiger partial charge is 0.494 e. The molecular formula is C22H26N2O5. The van der Waals surface area contributed by atoms with Crippen LogP contribution in [0.3, 0.4) is 0 Å². The van der Waals surface area contributed by atoms with E-state index in [1.165, 1.54) is 0 Å². The van der Waals surface area contributed by atoms with E-state index in [0.717, 1.165) is 11.3 Å². The van der Waals surface area contributed by atoms with E-state index in [4.69, 9.17) is 14.2 Å². The maximum absolute atomic E-state index is 12.6. The highest BCUT2D eigenvalue weighted by molar-refractivity contribution is 6.00. The Morgan fingerprint density at radius 3 is 2.66 bits per heavy atom. The average molecular weight is 398 g/mol. The summed E-state index contributed by atoms with van der Waals surface area (Å²) in [5.74, 6) is 1.28. The van der Waals surface area contributed by atoms with Gasteiger partial charge in [-0.15, -0.1) is 0 Å². The van der Waals surface area contributed by atoms with E-state index in [9.17, 15) is 9.59 Å². The van der Waals surface area contributed by atoms with Crippen molar-refractivity contribution in [2.45, 2.75) is 19.9 Å². The van der Waals surface area contributed by atoms with E-state index in [0.29, 0.717) is 36.9 Å². The maximum atomic E-state index is 12.6. The Morgan fingerprint density at radius 1 is 1.14 bits per heavy atom. The minimum absolute atomic E-state index is 0.0873. The molecule has 3 rings (SSSR count). The van der Waals surface area contributed by atoms with Crippen LogP contribution in [-0.4, -0.2) is 39.2 Å². The number of anilines is 1. The Bertz CT molecular complexity index is 883. The van der Waals surface area contributed by atoms with Gasteiger partial charge in [0.15, 0.2) is 11.5 Å². The zero-order chi connectivity index (χ0) is 20.8. The summed E-state index contributed by atoms with van der Waals surface area (Å²) in [5, 5.41) is 2.93. The fraction of sp³-hybridized carbons (Fsp3) is 0.364. The van der Waals surface area contributed by atoms with Crippen molar-refractivity contribution in [2.75, 3.05) is 32.3 Å². The highest BCUT2D eigenvalue weighted by Crippen LogP contribution is 2.34. The molecule has 29 heavy (non-hydrogen) atoms. The van der Waals surface area contributed by atoms with Crippen LogP contribution in [0.4, 0.5) is 5.69 Å². The van der Waals surface area contributed by atoms with Crippen LogP contribution in [0, 0.1) is 5.92 Å². The highest BCUT2D eigenvalue weighted by atomic mass is 16.5. The van der Waals surface area contributed by atoms with E-state index in [-0.39, 0.29) is 18.2 Å². The minimum atomic E-state index is -0.398. The molecule has 0 bridgehead atoms. The molecule has 0 spiro atoms. The lowest BCUT2D eigenvalue weighted by molar-refractivity contribution is -0.126. The Hall–Kier alpha value is -3.22. The van der Waals surface area contributed by atoms with Crippen LogP contribution in [0.15, 0.2) is 42.5 Å². The first-order valence-electron chi connectivity index (χ1n) is 9.57. The second-order valence-electron chi connectivity index (χ2n) is 6.74. The van der Waals surface area contributed by atoms with Gasteiger partial charge in [-0.2, -0.15) is 0 Å². The molecule has 1 heterocycles. The van der Waals surface area contributed by atoms with Gasteiger partial charge < -0.3 is 24.4 Å². The van der Waals surface area contributed by atoms with Crippen molar-refractivity contribution in [3.63, 3.8) is 0 Å². The zero-order valence-corrected chi connectivity index (χ0v) is 16.9. The zero-order valence-electron chi connectivity index (χ0n) is 16.9. The number of hydrogen-bond acceptors (Lipinski definition) is 5. The lowest BCUT2D eigenvalue weighted by Gasteiger charge is -2.18. The number of ether oxygens (including phenoxy) is 3. The molecule has 0 aromatic heterocycles. The molecule has 0 radical (unpaired) electrons. The van der Waals surface area contributed by atoms with E-state index in [2.05, 4.69) is 5.32 Å². The van der Waals surface area contributed by atoms with Gasteiger partial charge in [-0.05, 0) is 36.8 Å². The van der Waals surface area contributed by atoms with Crippen molar-refractivity contribution in [1.29, 1.82) is 0 Å². The van der Waals surface area contributed by atoms with Gasteiger partial charge in [0.1, 0.15) is 5.75 Å². The summed E-state index contributed by atoms with van der Waals surface area (Å²) < 4.78 is 16.0. The van der Waals surface area contributed by atoms with Crippen LogP contribution < -0.4 is 24.4 Å². The van der Waals surface area contributed by atoms with Gasteiger partial charge in [0.25, 0.3) is 0 Å². The Kier molecular flexibility index (Phi) is 6.59. The van der Waals surface area contributed by atoms with E-state index < -0.39 is 5.92 Å². The van der Waals surface area contributed by atoms with Gasteiger partial charge in [-0.25, -0.2) is 0 Å². The van der Waals surface area contributed by atoms with E-state index in [1.54, 1.807) is 37.3 Å². The topological polar surface area (TPSA) is 77.1 Å². The van der Waals surface area contributed by atoms with Crippen LogP contribution in [-0.2, 0) is 16.1 Å². The Labute approximate surface area is 170 Å². The van der Waals surface area contributed by atoms with Crippen molar-refractivity contribution in [1.82, 2.24) is 5.32 Å². The molecule has 1 aliphatic rings. The first kappa shape index (κ1) is 20.5. The summed E-state index contributed by atoms with van der Waals surface area (Å²) >= 11 is 0. The number of hydrogen-bond donors (Lipinski definition) is 1. The third-order valence-corrected chi connectivity index (χ3v) is 4.85.